The maximum Gasteiger partial charge on any atom is 0.236 e. The first-order valence-electron chi connectivity index (χ1n) is 11.7. The average molecular weight is 378 g/mol. The van der Waals surface area contributed by atoms with Gasteiger partial charge in [0.1, 0.15) is 0 Å². The highest BCUT2D eigenvalue weighted by atomic mass is 16.2. The Morgan fingerprint density at radius 1 is 0.778 bits per heavy atom. The van der Waals surface area contributed by atoms with Gasteiger partial charge in [0.2, 0.25) is 11.8 Å². The molecule has 0 spiro atoms. The molecule has 0 aliphatic carbocycles. The normalized spacial score (nSPS) is 17.6. The summed E-state index contributed by atoms with van der Waals surface area (Å²) >= 11 is 0. The first kappa shape index (κ1) is 23.9. The van der Waals surface area contributed by atoms with Gasteiger partial charge in [-0.05, 0) is 19.8 Å². The van der Waals surface area contributed by atoms with Gasteiger partial charge in [-0.25, -0.2) is 0 Å². The molecular formula is C24H43NO2. The molecule has 1 aliphatic rings. The molecule has 0 aromatic rings. The molecule has 0 bridgehead atoms. The SMILES string of the molecule is CCCCCCCCCCCCCCCC/C=C/C1CC(=O)N(CC)C1=O. The molecule has 0 saturated carbocycles. The summed E-state index contributed by atoms with van der Waals surface area (Å²) in [6.45, 7) is 4.63. The van der Waals surface area contributed by atoms with Gasteiger partial charge in [-0.15, -0.1) is 0 Å². The monoisotopic (exact) mass is 377 g/mol. The zero-order chi connectivity index (χ0) is 19.7. The number of hydrogen-bond donors (Lipinski definition) is 0. The lowest BCUT2D eigenvalue weighted by Gasteiger charge is -2.09. The van der Waals surface area contributed by atoms with Crippen molar-refractivity contribution in [3.8, 4) is 0 Å². The Bertz CT molecular complexity index is 430. The van der Waals surface area contributed by atoms with Crippen molar-refractivity contribution in [1.29, 1.82) is 0 Å². The van der Waals surface area contributed by atoms with Crippen LogP contribution in [0.3, 0.4) is 0 Å². The quantitative estimate of drug-likeness (QED) is 0.159. The highest BCUT2D eigenvalue weighted by Crippen LogP contribution is 2.21. The number of carbonyl (C=O) groups excluding carboxylic acids is 2. The Hall–Kier alpha value is -1.12. The Labute approximate surface area is 168 Å². The molecule has 0 aromatic carbocycles. The minimum absolute atomic E-state index is 0.0142. The van der Waals surface area contributed by atoms with Crippen molar-refractivity contribution in [2.24, 2.45) is 5.92 Å². The number of allylic oxidation sites excluding steroid dienone is 1. The van der Waals surface area contributed by atoms with Crippen LogP contribution < -0.4 is 0 Å². The molecule has 156 valence electrons. The van der Waals surface area contributed by atoms with E-state index in [1.54, 1.807) is 0 Å². The lowest BCUT2D eigenvalue weighted by atomic mass is 10.0. The number of imide groups is 1. The van der Waals surface area contributed by atoms with E-state index in [2.05, 4.69) is 13.0 Å². The number of amides is 2. The van der Waals surface area contributed by atoms with Crippen molar-refractivity contribution in [3.05, 3.63) is 12.2 Å². The number of unbranched alkanes of at least 4 members (excludes halogenated alkanes) is 14. The predicted octanol–water partition coefficient (Wildman–Crippen LogP) is 6.81. The number of rotatable bonds is 17. The summed E-state index contributed by atoms with van der Waals surface area (Å²) in [4.78, 5) is 25.0. The first-order chi connectivity index (χ1) is 13.2. The number of hydrogen-bond acceptors (Lipinski definition) is 2. The summed E-state index contributed by atoms with van der Waals surface area (Å²) in [5.41, 5.74) is 0. The topological polar surface area (TPSA) is 37.4 Å². The second-order valence-corrected chi connectivity index (χ2v) is 8.10. The molecule has 1 fully saturated rings. The average Bonchev–Trinajstić information content (AvgIpc) is 2.94. The van der Waals surface area contributed by atoms with Crippen LogP contribution in [-0.2, 0) is 9.59 Å². The first-order valence-corrected chi connectivity index (χ1v) is 11.7. The van der Waals surface area contributed by atoms with Gasteiger partial charge in [0.25, 0.3) is 0 Å². The minimum atomic E-state index is -0.205. The van der Waals surface area contributed by atoms with Crippen LogP contribution in [0.25, 0.3) is 0 Å². The molecule has 1 atom stereocenters. The summed E-state index contributed by atoms with van der Waals surface area (Å²) < 4.78 is 0. The highest BCUT2D eigenvalue weighted by molar-refractivity contribution is 6.04. The zero-order valence-electron chi connectivity index (χ0n) is 18.0. The van der Waals surface area contributed by atoms with Gasteiger partial charge >= 0.3 is 0 Å². The molecule has 0 radical (unpaired) electrons. The van der Waals surface area contributed by atoms with Gasteiger partial charge in [-0.2, -0.15) is 0 Å². The third-order valence-electron chi connectivity index (χ3n) is 5.69. The standard InChI is InChI=1S/C24H43NO2/c1-3-5-6-7-8-9-10-11-12-13-14-15-16-17-18-19-20-22-21-23(26)25(4-2)24(22)27/h19-20,22H,3-18,21H2,1-2H3/b20-19+. The third-order valence-corrected chi connectivity index (χ3v) is 5.69. The smallest absolute Gasteiger partial charge is 0.236 e. The van der Waals surface area contributed by atoms with E-state index in [1.807, 2.05) is 13.0 Å². The molecule has 1 rings (SSSR count). The Morgan fingerprint density at radius 2 is 1.26 bits per heavy atom. The molecule has 1 saturated heterocycles. The van der Waals surface area contributed by atoms with Gasteiger partial charge in [0, 0.05) is 13.0 Å². The van der Waals surface area contributed by atoms with Crippen molar-refractivity contribution >= 4 is 11.8 Å². The number of nitrogens with zero attached hydrogens (tertiary/aromatic N) is 1. The van der Waals surface area contributed by atoms with Crippen molar-refractivity contribution < 1.29 is 9.59 Å². The van der Waals surface area contributed by atoms with E-state index in [0.29, 0.717) is 13.0 Å². The minimum Gasteiger partial charge on any atom is -0.282 e. The largest absolute Gasteiger partial charge is 0.282 e. The summed E-state index contributed by atoms with van der Waals surface area (Å²) in [6, 6.07) is 0. The van der Waals surface area contributed by atoms with Crippen molar-refractivity contribution in [1.82, 2.24) is 4.90 Å². The van der Waals surface area contributed by atoms with Crippen molar-refractivity contribution in [3.63, 3.8) is 0 Å². The molecular weight excluding hydrogens is 334 g/mol. The van der Waals surface area contributed by atoms with Crippen LogP contribution in [0, 0.1) is 5.92 Å². The fraction of sp³-hybridized carbons (Fsp3) is 0.833. The van der Waals surface area contributed by atoms with Crippen LogP contribution in [0.1, 0.15) is 117 Å². The molecule has 3 heteroatoms. The molecule has 0 aromatic heterocycles. The third kappa shape index (κ3) is 10.7. The van der Waals surface area contributed by atoms with Crippen LogP contribution in [0.15, 0.2) is 12.2 Å². The van der Waals surface area contributed by atoms with Gasteiger partial charge in [-0.1, -0.05) is 103 Å². The second-order valence-electron chi connectivity index (χ2n) is 8.10. The fourth-order valence-corrected chi connectivity index (χ4v) is 3.91. The summed E-state index contributed by atoms with van der Waals surface area (Å²) in [7, 11) is 0. The van der Waals surface area contributed by atoms with E-state index in [9.17, 15) is 9.59 Å². The summed E-state index contributed by atoms with van der Waals surface area (Å²) in [5.74, 6) is -0.238. The van der Waals surface area contributed by atoms with Crippen LogP contribution in [0.5, 0.6) is 0 Å². The van der Waals surface area contributed by atoms with E-state index in [0.717, 1.165) is 6.42 Å². The molecule has 0 N–H and O–H groups in total. The Morgan fingerprint density at radius 3 is 1.70 bits per heavy atom. The highest BCUT2D eigenvalue weighted by Gasteiger charge is 2.35. The van der Waals surface area contributed by atoms with E-state index >= 15 is 0 Å². The summed E-state index contributed by atoms with van der Waals surface area (Å²) in [5, 5.41) is 0. The van der Waals surface area contributed by atoms with Crippen molar-refractivity contribution in [2.45, 2.75) is 117 Å². The van der Waals surface area contributed by atoms with Crippen LogP contribution in [0.2, 0.25) is 0 Å². The van der Waals surface area contributed by atoms with E-state index < -0.39 is 0 Å². The van der Waals surface area contributed by atoms with Gasteiger partial charge in [-0.3, -0.25) is 14.5 Å². The number of likely N-dealkylation sites (tertiary alicyclic amines) is 1. The molecule has 1 heterocycles. The molecule has 2 amide bonds. The second kappa shape index (κ2) is 15.9. The van der Waals surface area contributed by atoms with E-state index in [-0.39, 0.29) is 17.7 Å². The van der Waals surface area contributed by atoms with Gasteiger partial charge < -0.3 is 0 Å². The zero-order valence-corrected chi connectivity index (χ0v) is 18.0. The Balaban J connectivity index is 1.85. The Kier molecular flexibility index (Phi) is 14.1. The van der Waals surface area contributed by atoms with E-state index in [1.165, 1.54) is 94.8 Å². The fourth-order valence-electron chi connectivity index (χ4n) is 3.91. The molecule has 27 heavy (non-hydrogen) atoms. The van der Waals surface area contributed by atoms with Gasteiger partial charge in [0.15, 0.2) is 0 Å². The van der Waals surface area contributed by atoms with Crippen LogP contribution in [-0.4, -0.2) is 23.3 Å². The lowest BCUT2D eigenvalue weighted by molar-refractivity contribution is -0.138. The van der Waals surface area contributed by atoms with Gasteiger partial charge in [0.05, 0.1) is 5.92 Å². The maximum atomic E-state index is 12.0. The lowest BCUT2D eigenvalue weighted by Crippen LogP contribution is -2.29. The number of carbonyl (C=O) groups is 2. The maximum absolute atomic E-state index is 12.0. The molecule has 3 nitrogen and oxygen atoms in total. The van der Waals surface area contributed by atoms with Crippen LogP contribution >= 0.6 is 0 Å². The van der Waals surface area contributed by atoms with E-state index in [4.69, 9.17) is 0 Å². The molecule has 1 aliphatic heterocycles. The van der Waals surface area contributed by atoms with Crippen molar-refractivity contribution in [2.75, 3.05) is 6.54 Å². The van der Waals surface area contributed by atoms with Crippen LogP contribution in [0.4, 0.5) is 0 Å². The summed E-state index contributed by atoms with van der Waals surface area (Å²) in [6.07, 6.45) is 24.7. The molecule has 1 unspecified atom stereocenters. The predicted molar refractivity (Wildman–Crippen MR) is 115 cm³/mol.